The topological polar surface area (TPSA) is 55.3 Å². The number of carbonyl (C=O) groups is 1. The smallest absolute Gasteiger partial charge is 0.249 e. The van der Waals surface area contributed by atoms with E-state index in [-0.39, 0.29) is 12.0 Å². The first-order valence-corrected chi connectivity index (χ1v) is 6.48. The normalized spacial score (nSPS) is 19.2. The molecule has 0 spiro atoms. The molecular weight excluding hydrogens is 242 g/mol. The average molecular weight is 261 g/mol. The van der Waals surface area contributed by atoms with Crippen molar-refractivity contribution in [3.05, 3.63) is 36.4 Å². The third kappa shape index (κ3) is 3.86. The van der Waals surface area contributed by atoms with Gasteiger partial charge in [0.25, 0.3) is 0 Å². The predicted molar refractivity (Wildman–Crippen MR) is 71.5 cm³/mol. The third-order valence-electron chi connectivity index (χ3n) is 3.16. The van der Waals surface area contributed by atoms with Crippen molar-refractivity contribution in [1.82, 2.24) is 14.9 Å². The van der Waals surface area contributed by atoms with Crippen molar-refractivity contribution in [2.45, 2.75) is 25.9 Å². The van der Waals surface area contributed by atoms with E-state index >= 15 is 0 Å². The Balaban J connectivity index is 1.84. The summed E-state index contributed by atoms with van der Waals surface area (Å²) in [6.45, 7) is 7.32. The third-order valence-corrected chi connectivity index (χ3v) is 3.16. The molecule has 0 radical (unpaired) electrons. The monoisotopic (exact) mass is 261 g/mol. The second-order valence-corrected chi connectivity index (χ2v) is 4.76. The summed E-state index contributed by atoms with van der Waals surface area (Å²) < 4.78 is 5.69. The summed E-state index contributed by atoms with van der Waals surface area (Å²) in [5.41, 5.74) is 1.58. The van der Waals surface area contributed by atoms with Crippen LogP contribution in [0.15, 0.2) is 30.7 Å². The lowest BCUT2D eigenvalue weighted by Crippen LogP contribution is -2.46. The lowest BCUT2D eigenvalue weighted by molar-refractivity contribution is -0.134. The first kappa shape index (κ1) is 13.7. The zero-order valence-corrected chi connectivity index (χ0v) is 11.2. The van der Waals surface area contributed by atoms with Gasteiger partial charge in [-0.05, 0) is 25.8 Å². The van der Waals surface area contributed by atoms with Crippen LogP contribution in [0.5, 0.6) is 0 Å². The van der Waals surface area contributed by atoms with Gasteiger partial charge in [0.05, 0.1) is 12.7 Å². The number of nitrogens with zero attached hydrogens (tertiary/aromatic N) is 3. The summed E-state index contributed by atoms with van der Waals surface area (Å²) in [4.78, 5) is 21.8. The van der Waals surface area contributed by atoms with Crippen molar-refractivity contribution in [3.63, 3.8) is 0 Å². The van der Waals surface area contributed by atoms with E-state index in [1.54, 1.807) is 19.4 Å². The Morgan fingerprint density at radius 3 is 3.16 bits per heavy atom. The zero-order valence-electron chi connectivity index (χ0n) is 11.2. The Hall–Kier alpha value is -1.75. The average Bonchev–Trinajstić information content (AvgIpc) is 2.45. The van der Waals surface area contributed by atoms with Crippen LogP contribution >= 0.6 is 0 Å². The molecule has 0 aromatic carbocycles. The minimum absolute atomic E-state index is 0.0235. The highest BCUT2D eigenvalue weighted by atomic mass is 16.5. The van der Waals surface area contributed by atoms with Crippen molar-refractivity contribution in [3.8, 4) is 0 Å². The highest BCUT2D eigenvalue weighted by Gasteiger charge is 2.24. The van der Waals surface area contributed by atoms with Gasteiger partial charge in [-0.15, -0.1) is 0 Å². The van der Waals surface area contributed by atoms with E-state index in [1.165, 1.54) is 0 Å². The van der Waals surface area contributed by atoms with Gasteiger partial charge in [0, 0.05) is 30.6 Å². The number of aryl methyl sites for hydroxylation is 1. The molecule has 2 rings (SSSR count). The molecule has 1 aliphatic heterocycles. The number of aromatic nitrogens is 2. The van der Waals surface area contributed by atoms with Crippen LogP contribution < -0.4 is 0 Å². The molecule has 1 unspecified atom stereocenters. The second kappa shape index (κ2) is 6.43. The molecule has 1 fully saturated rings. The van der Waals surface area contributed by atoms with Crippen molar-refractivity contribution in [1.29, 1.82) is 0 Å². The van der Waals surface area contributed by atoms with Crippen LogP contribution in [0.4, 0.5) is 0 Å². The number of hydrogen-bond donors (Lipinski definition) is 0. The van der Waals surface area contributed by atoms with Crippen LogP contribution in [0.3, 0.4) is 0 Å². The molecule has 102 valence electrons. The van der Waals surface area contributed by atoms with Crippen molar-refractivity contribution < 1.29 is 9.53 Å². The Kier molecular flexibility index (Phi) is 4.63. The standard InChI is InChI=1S/C14H19N3O2/c1-11(2)14(18)17-7-8-19-13(9-17)4-3-12-5-6-15-10-16-12/h5-6,10,13H,1,3-4,7-9H2,2H3. The van der Waals surface area contributed by atoms with Gasteiger partial charge >= 0.3 is 0 Å². The molecule has 1 aromatic heterocycles. The van der Waals surface area contributed by atoms with Gasteiger partial charge in [-0.3, -0.25) is 4.79 Å². The molecule has 19 heavy (non-hydrogen) atoms. The van der Waals surface area contributed by atoms with Gasteiger partial charge in [-0.2, -0.15) is 0 Å². The van der Waals surface area contributed by atoms with Crippen molar-refractivity contribution >= 4 is 5.91 Å². The van der Waals surface area contributed by atoms with E-state index in [4.69, 9.17) is 4.74 Å². The fourth-order valence-electron chi connectivity index (χ4n) is 2.12. The number of ether oxygens (including phenoxy) is 1. The highest BCUT2D eigenvalue weighted by molar-refractivity contribution is 5.92. The molecule has 1 aliphatic rings. The predicted octanol–water partition coefficient (Wildman–Crippen LogP) is 1.21. The van der Waals surface area contributed by atoms with Crippen LogP contribution in [-0.4, -0.2) is 46.6 Å². The SMILES string of the molecule is C=C(C)C(=O)N1CCOC(CCc2ccncn2)C1. The molecular formula is C14H19N3O2. The number of morpholine rings is 1. The Bertz CT molecular complexity index is 447. The lowest BCUT2D eigenvalue weighted by atomic mass is 10.1. The second-order valence-electron chi connectivity index (χ2n) is 4.76. The van der Waals surface area contributed by atoms with E-state index in [0.29, 0.717) is 25.3 Å². The highest BCUT2D eigenvalue weighted by Crippen LogP contribution is 2.13. The fourth-order valence-corrected chi connectivity index (χ4v) is 2.12. The maximum atomic E-state index is 11.9. The quantitative estimate of drug-likeness (QED) is 0.765. The molecule has 0 aliphatic carbocycles. The van der Waals surface area contributed by atoms with Gasteiger partial charge in [-0.1, -0.05) is 6.58 Å². The molecule has 2 heterocycles. The van der Waals surface area contributed by atoms with Crippen LogP contribution in [-0.2, 0) is 16.0 Å². The number of rotatable bonds is 4. The minimum Gasteiger partial charge on any atom is -0.375 e. The number of carbonyl (C=O) groups excluding carboxylic acids is 1. The van der Waals surface area contributed by atoms with Gasteiger partial charge < -0.3 is 9.64 Å². The van der Waals surface area contributed by atoms with Gasteiger partial charge in [0.15, 0.2) is 0 Å². The molecule has 1 aromatic rings. The van der Waals surface area contributed by atoms with E-state index < -0.39 is 0 Å². The Morgan fingerprint density at radius 2 is 2.47 bits per heavy atom. The molecule has 0 N–H and O–H groups in total. The lowest BCUT2D eigenvalue weighted by Gasteiger charge is -2.33. The molecule has 1 atom stereocenters. The molecule has 5 heteroatoms. The van der Waals surface area contributed by atoms with Gasteiger partial charge in [0.2, 0.25) is 5.91 Å². The molecule has 5 nitrogen and oxygen atoms in total. The molecule has 1 saturated heterocycles. The summed E-state index contributed by atoms with van der Waals surface area (Å²) in [5.74, 6) is 0.0235. The Labute approximate surface area is 113 Å². The van der Waals surface area contributed by atoms with E-state index in [1.807, 2.05) is 11.0 Å². The molecule has 0 bridgehead atoms. The maximum Gasteiger partial charge on any atom is 0.249 e. The number of amides is 1. The van der Waals surface area contributed by atoms with Crippen LogP contribution in [0, 0.1) is 0 Å². The summed E-state index contributed by atoms with van der Waals surface area (Å²) in [5, 5.41) is 0. The molecule has 0 saturated carbocycles. The van der Waals surface area contributed by atoms with Crippen LogP contribution in [0.25, 0.3) is 0 Å². The summed E-state index contributed by atoms with van der Waals surface area (Å²) in [7, 11) is 0. The maximum absolute atomic E-state index is 11.9. The number of hydrogen-bond acceptors (Lipinski definition) is 4. The van der Waals surface area contributed by atoms with Crippen LogP contribution in [0.2, 0.25) is 0 Å². The van der Waals surface area contributed by atoms with E-state index in [9.17, 15) is 4.79 Å². The van der Waals surface area contributed by atoms with E-state index in [0.717, 1.165) is 18.5 Å². The summed E-state index contributed by atoms with van der Waals surface area (Å²) in [6.07, 6.45) is 5.06. The fraction of sp³-hybridized carbons (Fsp3) is 0.500. The first-order valence-electron chi connectivity index (χ1n) is 6.48. The van der Waals surface area contributed by atoms with Crippen molar-refractivity contribution in [2.24, 2.45) is 0 Å². The molecule has 1 amide bonds. The zero-order chi connectivity index (χ0) is 13.7. The minimum atomic E-state index is 0.0235. The van der Waals surface area contributed by atoms with E-state index in [2.05, 4.69) is 16.5 Å². The summed E-state index contributed by atoms with van der Waals surface area (Å²) in [6, 6.07) is 1.90. The van der Waals surface area contributed by atoms with Gasteiger partial charge in [0.1, 0.15) is 6.33 Å². The van der Waals surface area contributed by atoms with Crippen LogP contribution in [0.1, 0.15) is 19.0 Å². The van der Waals surface area contributed by atoms with Gasteiger partial charge in [-0.25, -0.2) is 9.97 Å². The summed E-state index contributed by atoms with van der Waals surface area (Å²) >= 11 is 0. The largest absolute Gasteiger partial charge is 0.375 e. The first-order chi connectivity index (χ1) is 9.16. The van der Waals surface area contributed by atoms with Crippen molar-refractivity contribution in [2.75, 3.05) is 19.7 Å². The Morgan fingerprint density at radius 1 is 1.63 bits per heavy atom.